The molecular formula is C25H16Cl3N5O3S. The van der Waals surface area contributed by atoms with Crippen LogP contribution in [0.3, 0.4) is 0 Å². The summed E-state index contributed by atoms with van der Waals surface area (Å²) in [6, 6.07) is 22.3. The van der Waals surface area contributed by atoms with Gasteiger partial charge in [-0.25, -0.2) is 19.4 Å². The summed E-state index contributed by atoms with van der Waals surface area (Å²) < 4.78 is 35.7. The summed E-state index contributed by atoms with van der Waals surface area (Å²) in [6.45, 7) is 0. The van der Waals surface area contributed by atoms with Gasteiger partial charge >= 0.3 is 16.2 Å². The van der Waals surface area contributed by atoms with Gasteiger partial charge in [0.1, 0.15) is 12.0 Å². The number of halogens is 3. The Morgan fingerprint density at radius 2 is 1.03 bits per heavy atom. The molecule has 0 bridgehead atoms. The molecule has 2 heterocycles. The molecule has 12 heteroatoms. The monoisotopic (exact) mass is 571 g/mol. The van der Waals surface area contributed by atoms with Crippen molar-refractivity contribution in [3.05, 3.63) is 100 Å². The lowest BCUT2D eigenvalue weighted by molar-refractivity contribution is 0.572. The third-order valence-corrected chi connectivity index (χ3v) is 6.75. The van der Waals surface area contributed by atoms with Gasteiger partial charge < -0.3 is 4.42 Å². The Balaban J connectivity index is 1.44. The molecule has 2 aromatic heterocycles. The van der Waals surface area contributed by atoms with Crippen molar-refractivity contribution in [1.29, 1.82) is 0 Å². The van der Waals surface area contributed by atoms with Gasteiger partial charge in [0.05, 0.1) is 11.4 Å². The average Bonchev–Trinajstić information content (AvgIpc) is 3.32. The summed E-state index contributed by atoms with van der Waals surface area (Å²) in [6.07, 6.45) is 1.33. The van der Waals surface area contributed by atoms with Crippen LogP contribution in [0, 0.1) is 0 Å². The molecule has 37 heavy (non-hydrogen) atoms. The lowest BCUT2D eigenvalue weighted by Gasteiger charge is -2.11. The van der Waals surface area contributed by atoms with Crippen LogP contribution in [0.4, 0.5) is 12.0 Å². The molecule has 0 unspecified atom stereocenters. The van der Waals surface area contributed by atoms with Crippen LogP contribution in [-0.4, -0.2) is 23.4 Å². The fourth-order valence-electron chi connectivity index (χ4n) is 3.36. The van der Waals surface area contributed by atoms with Gasteiger partial charge in [-0.3, -0.25) is 0 Å². The molecule has 0 saturated carbocycles. The number of hydrogen-bond acceptors (Lipinski definition) is 6. The second-order valence-electron chi connectivity index (χ2n) is 7.73. The molecule has 0 saturated heterocycles. The number of benzene rings is 3. The predicted octanol–water partition coefficient (Wildman–Crippen LogP) is 7.19. The second-order valence-corrected chi connectivity index (χ2v) is 10.5. The number of anilines is 2. The minimum Gasteiger partial charge on any atom is -0.431 e. The first-order valence-electron chi connectivity index (χ1n) is 10.7. The maximum absolute atomic E-state index is 12.9. The SMILES string of the molecule is O=S(=O)(Nc1nc(-c2ccc(Cl)cc2)cc(-c2ccc(Cl)cc2)n1)Nc1nc(-c2ccc(Cl)cc2)co1. The highest BCUT2D eigenvalue weighted by Crippen LogP contribution is 2.28. The number of rotatable bonds is 7. The second kappa shape index (κ2) is 10.4. The van der Waals surface area contributed by atoms with Gasteiger partial charge in [0.25, 0.3) is 0 Å². The molecule has 3 aromatic carbocycles. The quantitative estimate of drug-likeness (QED) is 0.213. The Hall–Kier alpha value is -3.63. The summed E-state index contributed by atoms with van der Waals surface area (Å²) in [7, 11) is -4.22. The van der Waals surface area contributed by atoms with E-state index in [4.69, 9.17) is 39.2 Å². The van der Waals surface area contributed by atoms with Crippen molar-refractivity contribution in [2.75, 3.05) is 9.44 Å². The Kier molecular flexibility index (Phi) is 7.03. The fourth-order valence-corrected chi connectivity index (χ4v) is 4.45. The Morgan fingerprint density at radius 3 is 1.49 bits per heavy atom. The Labute approximate surface area is 227 Å². The van der Waals surface area contributed by atoms with Gasteiger partial charge in [-0.05, 0) is 42.5 Å². The maximum atomic E-state index is 12.9. The van der Waals surface area contributed by atoms with Crippen LogP contribution in [0.15, 0.2) is 89.5 Å². The summed E-state index contributed by atoms with van der Waals surface area (Å²) in [4.78, 5) is 13.0. The zero-order valence-electron chi connectivity index (χ0n) is 18.7. The van der Waals surface area contributed by atoms with E-state index in [1.807, 2.05) is 0 Å². The normalized spacial score (nSPS) is 11.3. The highest BCUT2D eigenvalue weighted by atomic mass is 35.5. The van der Waals surface area contributed by atoms with Crippen molar-refractivity contribution in [1.82, 2.24) is 15.0 Å². The van der Waals surface area contributed by atoms with E-state index in [9.17, 15) is 8.42 Å². The minimum atomic E-state index is -4.22. The number of nitrogens with zero attached hydrogens (tertiary/aromatic N) is 3. The molecule has 0 radical (unpaired) electrons. The molecule has 0 aliphatic carbocycles. The maximum Gasteiger partial charge on any atom is 0.327 e. The third kappa shape index (κ3) is 6.20. The molecule has 186 valence electrons. The number of oxazole rings is 1. The molecule has 0 aliphatic heterocycles. The molecule has 8 nitrogen and oxygen atoms in total. The van der Waals surface area contributed by atoms with E-state index in [2.05, 4.69) is 24.4 Å². The van der Waals surface area contributed by atoms with E-state index in [1.54, 1.807) is 78.9 Å². The summed E-state index contributed by atoms with van der Waals surface area (Å²) >= 11 is 18.0. The standard InChI is InChI=1S/C25H16Cl3N5O3S/c26-18-7-1-15(2-8-18)21-13-22(16-3-9-19(27)10-4-16)30-24(29-21)32-37(34,35)33-25-31-23(14-36-25)17-5-11-20(28)12-6-17/h1-14H,(H,31,33)(H,29,30,32). The average molecular weight is 573 g/mol. The smallest absolute Gasteiger partial charge is 0.327 e. The van der Waals surface area contributed by atoms with E-state index in [0.29, 0.717) is 37.7 Å². The highest BCUT2D eigenvalue weighted by molar-refractivity contribution is 7.93. The van der Waals surface area contributed by atoms with Crippen molar-refractivity contribution in [2.24, 2.45) is 0 Å². The van der Waals surface area contributed by atoms with Gasteiger partial charge in [-0.1, -0.05) is 71.2 Å². The van der Waals surface area contributed by atoms with Gasteiger partial charge in [0, 0.05) is 31.8 Å². The van der Waals surface area contributed by atoms with Crippen molar-refractivity contribution < 1.29 is 12.8 Å². The largest absolute Gasteiger partial charge is 0.431 e. The van der Waals surface area contributed by atoms with E-state index in [-0.39, 0.29) is 12.0 Å². The molecule has 0 spiro atoms. The van der Waals surface area contributed by atoms with Crippen LogP contribution in [0.25, 0.3) is 33.8 Å². The molecule has 5 aromatic rings. The predicted molar refractivity (Wildman–Crippen MR) is 146 cm³/mol. The zero-order chi connectivity index (χ0) is 26.0. The van der Waals surface area contributed by atoms with E-state index < -0.39 is 10.2 Å². The van der Waals surface area contributed by atoms with Crippen molar-refractivity contribution in [3.63, 3.8) is 0 Å². The van der Waals surface area contributed by atoms with Crippen molar-refractivity contribution >= 4 is 57.0 Å². The molecule has 0 aliphatic rings. The van der Waals surface area contributed by atoms with Crippen molar-refractivity contribution in [3.8, 4) is 33.8 Å². The number of nitrogens with one attached hydrogen (secondary N) is 2. The summed E-state index contributed by atoms with van der Waals surface area (Å²) in [5.41, 5.74) is 3.54. The van der Waals surface area contributed by atoms with E-state index in [1.165, 1.54) is 6.26 Å². The van der Waals surface area contributed by atoms with Gasteiger partial charge in [0.2, 0.25) is 5.95 Å². The van der Waals surface area contributed by atoms with Crippen LogP contribution in [0.2, 0.25) is 15.1 Å². The Bertz CT molecular complexity index is 1590. The van der Waals surface area contributed by atoms with Crippen LogP contribution in [-0.2, 0) is 10.2 Å². The zero-order valence-corrected chi connectivity index (χ0v) is 21.8. The third-order valence-electron chi connectivity index (χ3n) is 5.10. The molecule has 5 rings (SSSR count). The Morgan fingerprint density at radius 1 is 0.595 bits per heavy atom. The number of aromatic nitrogens is 3. The first-order chi connectivity index (χ1) is 17.7. The van der Waals surface area contributed by atoms with E-state index in [0.717, 1.165) is 11.1 Å². The highest BCUT2D eigenvalue weighted by Gasteiger charge is 2.18. The topological polar surface area (TPSA) is 110 Å². The van der Waals surface area contributed by atoms with Crippen molar-refractivity contribution in [2.45, 2.75) is 0 Å². The van der Waals surface area contributed by atoms with Crippen LogP contribution < -0.4 is 9.44 Å². The summed E-state index contributed by atoms with van der Waals surface area (Å²) in [5, 5.41) is 1.69. The summed E-state index contributed by atoms with van der Waals surface area (Å²) in [5.74, 6) is -0.158. The first-order valence-corrected chi connectivity index (χ1v) is 13.3. The molecule has 0 atom stereocenters. The minimum absolute atomic E-state index is 0.158. The van der Waals surface area contributed by atoms with Crippen LogP contribution in [0.5, 0.6) is 0 Å². The lowest BCUT2D eigenvalue weighted by atomic mass is 10.1. The van der Waals surface area contributed by atoms with Gasteiger partial charge in [-0.15, -0.1) is 0 Å². The fraction of sp³-hybridized carbons (Fsp3) is 0. The van der Waals surface area contributed by atoms with E-state index >= 15 is 0 Å². The van der Waals surface area contributed by atoms with Crippen LogP contribution >= 0.6 is 34.8 Å². The molecule has 2 N–H and O–H groups in total. The number of hydrogen-bond donors (Lipinski definition) is 2. The van der Waals surface area contributed by atoms with Crippen LogP contribution in [0.1, 0.15) is 0 Å². The lowest BCUT2D eigenvalue weighted by Crippen LogP contribution is -2.23. The first kappa shape index (κ1) is 25.0. The molecule has 0 fully saturated rings. The van der Waals surface area contributed by atoms with Gasteiger partial charge in [-0.2, -0.15) is 13.4 Å². The van der Waals surface area contributed by atoms with Gasteiger partial charge in [0.15, 0.2) is 0 Å². The molecular weight excluding hydrogens is 557 g/mol. The molecule has 0 amide bonds.